The van der Waals surface area contributed by atoms with Crippen LogP contribution in [0.5, 0.6) is 11.5 Å². The number of fused-ring (bicyclic) bond motifs is 1. The molecule has 0 aliphatic carbocycles. The third-order valence-electron chi connectivity index (χ3n) is 5.18. The van der Waals surface area contributed by atoms with Gasteiger partial charge in [0.15, 0.2) is 27.4 Å². The minimum atomic E-state index is -4.04. The van der Waals surface area contributed by atoms with Gasteiger partial charge in [0.2, 0.25) is 5.91 Å². The van der Waals surface area contributed by atoms with Crippen molar-refractivity contribution >= 4 is 45.4 Å². The lowest BCUT2D eigenvalue weighted by Crippen LogP contribution is -2.57. The summed E-state index contributed by atoms with van der Waals surface area (Å²) in [6.45, 7) is 0.859. The second-order valence-electron chi connectivity index (χ2n) is 7.05. The molecule has 2 amide bonds. The van der Waals surface area contributed by atoms with Gasteiger partial charge in [0.05, 0.1) is 29.8 Å². The summed E-state index contributed by atoms with van der Waals surface area (Å²) in [7, 11) is -4.04. The topological polar surface area (TPSA) is 183 Å². The number of hydrogen-bond acceptors (Lipinski definition) is 9. The van der Waals surface area contributed by atoms with Crippen LogP contribution in [0.3, 0.4) is 0 Å². The fraction of sp³-hybridized carbons (Fsp3) is 0.412. The average Bonchev–Trinajstić information content (AvgIpc) is 2.83. The molecule has 1 aromatic rings. The molecule has 0 radical (unpaired) electrons. The summed E-state index contributed by atoms with van der Waals surface area (Å²) in [6.07, 6.45) is 0.557. The van der Waals surface area contributed by atoms with Crippen LogP contribution >= 0.6 is 11.6 Å². The van der Waals surface area contributed by atoms with Crippen molar-refractivity contribution in [1.29, 1.82) is 0 Å². The lowest BCUT2D eigenvalue weighted by atomic mass is 9.98. The number of phenols is 2. The Morgan fingerprint density at radius 2 is 2.10 bits per heavy atom. The van der Waals surface area contributed by atoms with E-state index in [4.69, 9.17) is 16.4 Å². The number of phenolic OH excluding ortho intramolecular Hbond substituents is 2. The van der Waals surface area contributed by atoms with Gasteiger partial charge in [-0.1, -0.05) is 16.8 Å². The molecule has 2 aliphatic heterocycles. The van der Waals surface area contributed by atoms with Crippen molar-refractivity contribution in [3.05, 3.63) is 22.7 Å². The lowest BCUT2D eigenvalue weighted by Gasteiger charge is -2.35. The van der Waals surface area contributed by atoms with Crippen molar-refractivity contribution in [2.45, 2.75) is 29.5 Å². The van der Waals surface area contributed by atoms with Gasteiger partial charge in [-0.3, -0.25) is 9.59 Å². The molecular weight excluding hydrogens is 458 g/mol. The van der Waals surface area contributed by atoms with Crippen molar-refractivity contribution in [2.24, 2.45) is 5.16 Å². The van der Waals surface area contributed by atoms with E-state index < -0.39 is 55.3 Å². The third-order valence-corrected chi connectivity index (χ3v) is 8.22. The molecule has 3 rings (SSSR count). The summed E-state index contributed by atoms with van der Waals surface area (Å²) in [6, 6.07) is 0.668. The number of carboxylic acid groups (broad SMARTS) is 1. The van der Waals surface area contributed by atoms with Crippen LogP contribution in [0.4, 0.5) is 0 Å². The molecule has 4 N–H and O–H groups in total. The predicted octanol–water partition coefficient (Wildman–Crippen LogP) is -0.318. The van der Waals surface area contributed by atoms with Gasteiger partial charge < -0.3 is 30.4 Å². The number of aliphatic carboxylic acids is 1. The predicted molar refractivity (Wildman–Crippen MR) is 106 cm³/mol. The van der Waals surface area contributed by atoms with Crippen molar-refractivity contribution in [3.63, 3.8) is 0 Å². The summed E-state index contributed by atoms with van der Waals surface area (Å²) in [5.74, 6) is -3.85. The summed E-state index contributed by atoms with van der Waals surface area (Å²) in [4.78, 5) is 41.1. The molecule has 0 aromatic heterocycles. The van der Waals surface area contributed by atoms with E-state index in [1.165, 1.54) is 6.07 Å². The Bertz CT molecular complexity index is 1090. The van der Waals surface area contributed by atoms with Gasteiger partial charge in [-0.05, 0) is 19.1 Å². The monoisotopic (exact) mass is 475 g/mol. The number of amides is 2. The maximum Gasteiger partial charge on any atom is 0.328 e. The highest BCUT2D eigenvalue weighted by molar-refractivity contribution is 7.94. The number of nitrogens with one attached hydrogen (secondary N) is 1. The first-order valence-electron chi connectivity index (χ1n) is 8.86. The maximum absolute atomic E-state index is 12.7. The van der Waals surface area contributed by atoms with Crippen LogP contribution in [0, 0.1) is 0 Å². The number of hydrogen-bond donors (Lipinski definition) is 4. The average molecular weight is 476 g/mol. The number of oxime groups is 1. The summed E-state index contributed by atoms with van der Waals surface area (Å²) in [5.41, 5.74) is -0.0940. The Labute approximate surface area is 181 Å². The number of carbonyl (C=O) groups excluding carboxylic acids is 2. The van der Waals surface area contributed by atoms with Crippen LogP contribution in [0.1, 0.15) is 23.7 Å². The zero-order valence-corrected chi connectivity index (χ0v) is 17.6. The summed E-state index contributed by atoms with van der Waals surface area (Å²) < 4.78 is 23.4. The van der Waals surface area contributed by atoms with Gasteiger partial charge in [-0.2, -0.15) is 0 Å². The molecule has 12 nitrogen and oxygen atoms in total. The highest BCUT2D eigenvalue weighted by Crippen LogP contribution is 2.45. The highest BCUT2D eigenvalue weighted by atomic mass is 35.5. The Hall–Kier alpha value is -3.06. The molecule has 2 heterocycles. The number of halogens is 1. The second kappa shape index (κ2) is 7.89. The van der Waals surface area contributed by atoms with Gasteiger partial charge >= 0.3 is 5.97 Å². The third kappa shape index (κ3) is 3.53. The Kier molecular flexibility index (Phi) is 5.76. The van der Waals surface area contributed by atoms with Gasteiger partial charge in [-0.25, -0.2) is 13.2 Å². The molecule has 1 aromatic carbocycles. The van der Waals surface area contributed by atoms with E-state index in [2.05, 4.69) is 10.5 Å². The molecular formula is C17H18ClN3O9S. The minimum absolute atomic E-state index is 0.0901. The molecule has 2 fully saturated rings. The van der Waals surface area contributed by atoms with E-state index >= 15 is 0 Å². The number of aromatic hydroxyl groups is 2. The molecule has 31 heavy (non-hydrogen) atoms. The Balaban J connectivity index is 1.60. The molecule has 14 heteroatoms. The van der Waals surface area contributed by atoms with E-state index in [9.17, 15) is 38.1 Å². The molecule has 3 atom stereocenters. The number of carbonyl (C=O) groups is 3. The largest absolute Gasteiger partial charge is 0.504 e. The second-order valence-corrected chi connectivity index (χ2v) is 9.94. The van der Waals surface area contributed by atoms with Crippen molar-refractivity contribution < 1.29 is 43.0 Å². The zero-order valence-electron chi connectivity index (χ0n) is 16.0. The number of carboxylic acids is 1. The number of nitrogens with zero attached hydrogens (tertiary/aromatic N) is 2. The maximum atomic E-state index is 12.7. The number of rotatable bonds is 7. The first-order valence-corrected chi connectivity index (χ1v) is 10.8. The van der Waals surface area contributed by atoms with Crippen molar-refractivity contribution in [1.82, 2.24) is 10.2 Å². The van der Waals surface area contributed by atoms with Gasteiger partial charge in [-0.15, -0.1) is 0 Å². The molecule has 0 bridgehead atoms. The number of sulfone groups is 1. The SMILES string of the molecule is C[C@]1(/C=N/OCCNC(=O)c2ccc(O)c(O)c2Cl)[C@H](C(=O)O)N2C(=O)C[C@H]2S1(=O)=O. The summed E-state index contributed by atoms with van der Waals surface area (Å²) >= 11 is 5.79. The van der Waals surface area contributed by atoms with Crippen molar-refractivity contribution in [3.8, 4) is 11.5 Å². The standard InChI is InChI=1S/C17H18ClN3O9S/c1-17(14(16(26)27)21-10(23)6-11(21)31(17,28)29)7-20-30-5-4-19-15(25)8-2-3-9(22)13(24)12(8)18/h2-3,7,11,14,22,24H,4-6H2,1H3,(H,19,25)(H,26,27)/b20-7+/t11-,14+,17+/m1/s1. The van der Waals surface area contributed by atoms with Crippen LogP contribution in [0.25, 0.3) is 0 Å². The summed E-state index contributed by atoms with van der Waals surface area (Å²) in [5, 5.41) is 32.7. The number of β-lactam (4-membered cyclic amide) rings is 1. The van der Waals surface area contributed by atoms with Crippen LogP contribution in [-0.4, -0.2) is 81.9 Å². The van der Waals surface area contributed by atoms with Crippen LogP contribution in [0.15, 0.2) is 17.3 Å². The lowest BCUT2D eigenvalue weighted by molar-refractivity contribution is -0.156. The van der Waals surface area contributed by atoms with E-state index in [-0.39, 0.29) is 30.2 Å². The van der Waals surface area contributed by atoms with Crippen LogP contribution < -0.4 is 5.32 Å². The zero-order chi connectivity index (χ0) is 23.1. The van der Waals surface area contributed by atoms with Gasteiger partial charge in [0, 0.05) is 0 Å². The van der Waals surface area contributed by atoms with E-state index in [0.717, 1.165) is 24.1 Å². The molecule has 2 aliphatic rings. The van der Waals surface area contributed by atoms with Crippen LogP contribution in [-0.2, 0) is 24.3 Å². The van der Waals surface area contributed by atoms with E-state index in [1.54, 1.807) is 0 Å². The fourth-order valence-electron chi connectivity index (χ4n) is 3.43. The van der Waals surface area contributed by atoms with Gasteiger partial charge in [0.1, 0.15) is 16.7 Å². The van der Waals surface area contributed by atoms with E-state index in [1.807, 2.05) is 0 Å². The highest BCUT2D eigenvalue weighted by Gasteiger charge is 2.69. The number of benzene rings is 1. The molecule has 2 saturated heterocycles. The molecule has 168 valence electrons. The van der Waals surface area contributed by atoms with Crippen molar-refractivity contribution in [2.75, 3.05) is 13.2 Å². The first-order chi connectivity index (χ1) is 14.4. The smallest absolute Gasteiger partial charge is 0.328 e. The first kappa shape index (κ1) is 22.6. The van der Waals surface area contributed by atoms with Gasteiger partial charge in [0.25, 0.3) is 5.91 Å². The Morgan fingerprint density at radius 3 is 2.71 bits per heavy atom. The minimum Gasteiger partial charge on any atom is -0.504 e. The molecule has 0 saturated carbocycles. The van der Waals surface area contributed by atoms with E-state index in [0.29, 0.717) is 0 Å². The molecule has 0 spiro atoms. The Morgan fingerprint density at radius 1 is 1.42 bits per heavy atom. The van der Waals surface area contributed by atoms with Crippen LogP contribution in [0.2, 0.25) is 5.02 Å². The normalized spacial score (nSPS) is 26.4. The molecule has 0 unspecified atom stereocenters. The quantitative estimate of drug-likeness (QED) is 0.135. The fourth-order valence-corrected chi connectivity index (χ4v) is 5.88.